The third kappa shape index (κ3) is 3.83. The number of nitrogens with zero attached hydrogens (tertiary/aromatic N) is 1. The Bertz CT molecular complexity index is 806. The summed E-state index contributed by atoms with van der Waals surface area (Å²) in [6.07, 6.45) is 1.58. The van der Waals surface area contributed by atoms with Gasteiger partial charge in [-0.05, 0) is 29.3 Å². The van der Waals surface area contributed by atoms with E-state index in [1.54, 1.807) is 18.2 Å². The largest absolute Gasteiger partial charge is 0.237 e. The molecule has 1 saturated heterocycles. The fourth-order valence-corrected chi connectivity index (χ4v) is 5.46. The number of sulfonamides is 1. The van der Waals surface area contributed by atoms with Gasteiger partial charge in [0.05, 0.1) is 5.37 Å². The highest BCUT2D eigenvalue weighted by Crippen LogP contribution is 2.40. The van der Waals surface area contributed by atoms with Crippen molar-refractivity contribution in [1.82, 2.24) is 4.31 Å². The maximum absolute atomic E-state index is 13.4. The summed E-state index contributed by atoms with van der Waals surface area (Å²) in [5.74, 6) is 0.340. The van der Waals surface area contributed by atoms with Crippen LogP contribution in [-0.2, 0) is 10.0 Å². The minimum Gasteiger partial charge on any atom is -0.207 e. The number of hydrogen-bond acceptors (Lipinski definition) is 3. The summed E-state index contributed by atoms with van der Waals surface area (Å²) < 4.78 is 40.1. The maximum atomic E-state index is 13.4. The summed E-state index contributed by atoms with van der Waals surface area (Å²) in [5, 5.41) is 0.844. The van der Waals surface area contributed by atoms with Crippen LogP contribution in [0.5, 0.6) is 0 Å². The van der Waals surface area contributed by atoms with Gasteiger partial charge in [-0.15, -0.1) is 11.8 Å². The highest BCUT2D eigenvalue weighted by Gasteiger charge is 2.34. The Kier molecular flexibility index (Phi) is 4.84. The second kappa shape index (κ2) is 6.86. The first kappa shape index (κ1) is 16.2. The fourth-order valence-electron chi connectivity index (χ4n) is 2.44. The van der Waals surface area contributed by atoms with Gasteiger partial charge in [0.2, 0.25) is 10.0 Å². The minimum absolute atomic E-state index is 0.354. The Morgan fingerprint density at radius 3 is 2.65 bits per heavy atom. The van der Waals surface area contributed by atoms with Crippen LogP contribution in [0.3, 0.4) is 0 Å². The molecular weight excluding hydrogens is 333 g/mol. The maximum Gasteiger partial charge on any atom is 0.237 e. The second-order valence-corrected chi connectivity index (χ2v) is 8.11. The van der Waals surface area contributed by atoms with Crippen molar-refractivity contribution in [2.45, 2.75) is 5.37 Å². The topological polar surface area (TPSA) is 37.4 Å². The van der Waals surface area contributed by atoms with Crippen LogP contribution >= 0.6 is 11.8 Å². The average molecular weight is 349 g/mol. The molecule has 0 aromatic heterocycles. The zero-order chi connectivity index (χ0) is 16.3. The van der Waals surface area contributed by atoms with Crippen LogP contribution in [0.2, 0.25) is 0 Å². The summed E-state index contributed by atoms with van der Waals surface area (Å²) in [4.78, 5) is 0. The molecule has 3 nitrogen and oxygen atoms in total. The fraction of sp³-hybridized carbons (Fsp3) is 0.176. The summed E-state index contributed by atoms with van der Waals surface area (Å²) in [7, 11) is -3.56. The third-order valence-electron chi connectivity index (χ3n) is 3.54. The molecule has 0 aliphatic carbocycles. The lowest BCUT2D eigenvalue weighted by Gasteiger charge is -2.21. The molecule has 1 heterocycles. The van der Waals surface area contributed by atoms with E-state index in [4.69, 9.17) is 0 Å². The molecule has 3 rings (SSSR count). The number of hydrogen-bond donors (Lipinski definition) is 0. The van der Waals surface area contributed by atoms with Crippen molar-refractivity contribution < 1.29 is 12.8 Å². The SMILES string of the molecule is O=S(=O)(/C=C/c1ccccc1)N1CCSC1c1cccc(F)c1. The van der Waals surface area contributed by atoms with Crippen molar-refractivity contribution in [3.05, 3.63) is 76.9 Å². The monoisotopic (exact) mass is 349 g/mol. The molecule has 120 valence electrons. The van der Waals surface area contributed by atoms with Crippen LogP contribution in [0.15, 0.2) is 60.0 Å². The normalized spacial score (nSPS) is 19.4. The van der Waals surface area contributed by atoms with Crippen LogP contribution in [0.25, 0.3) is 6.08 Å². The van der Waals surface area contributed by atoms with Crippen molar-refractivity contribution in [2.75, 3.05) is 12.3 Å². The summed E-state index contributed by atoms with van der Waals surface area (Å²) in [6, 6.07) is 15.4. The molecule has 0 amide bonds. The molecule has 1 aliphatic heterocycles. The van der Waals surface area contributed by atoms with E-state index < -0.39 is 10.0 Å². The van der Waals surface area contributed by atoms with Crippen molar-refractivity contribution in [3.63, 3.8) is 0 Å². The molecule has 0 spiro atoms. The zero-order valence-corrected chi connectivity index (χ0v) is 13.9. The van der Waals surface area contributed by atoms with E-state index in [9.17, 15) is 12.8 Å². The van der Waals surface area contributed by atoms with Gasteiger partial charge in [0.15, 0.2) is 0 Å². The Labute approximate surface area is 139 Å². The lowest BCUT2D eigenvalue weighted by atomic mass is 10.2. The molecule has 0 bridgehead atoms. The Morgan fingerprint density at radius 2 is 1.91 bits per heavy atom. The van der Waals surface area contributed by atoms with Crippen LogP contribution in [-0.4, -0.2) is 25.0 Å². The van der Waals surface area contributed by atoms with Crippen molar-refractivity contribution in [1.29, 1.82) is 0 Å². The first-order valence-corrected chi connectivity index (χ1v) is 9.73. The molecule has 2 aromatic carbocycles. The number of rotatable bonds is 4. The Morgan fingerprint density at radius 1 is 1.13 bits per heavy atom. The van der Waals surface area contributed by atoms with Crippen LogP contribution in [0.4, 0.5) is 4.39 Å². The summed E-state index contributed by atoms with van der Waals surface area (Å²) in [5.41, 5.74) is 1.49. The third-order valence-corrected chi connectivity index (χ3v) is 6.46. The highest BCUT2D eigenvalue weighted by atomic mass is 32.2. The predicted octanol–water partition coefficient (Wildman–Crippen LogP) is 3.87. The minimum atomic E-state index is -3.56. The molecule has 1 unspecified atom stereocenters. The van der Waals surface area contributed by atoms with Gasteiger partial charge in [-0.2, -0.15) is 4.31 Å². The van der Waals surface area contributed by atoms with E-state index >= 15 is 0 Å². The van der Waals surface area contributed by atoms with Gasteiger partial charge in [-0.3, -0.25) is 0 Å². The molecular formula is C17H16FNO2S2. The zero-order valence-electron chi connectivity index (χ0n) is 12.3. The van der Waals surface area contributed by atoms with Crippen molar-refractivity contribution in [2.24, 2.45) is 0 Å². The molecule has 6 heteroatoms. The van der Waals surface area contributed by atoms with Crippen LogP contribution < -0.4 is 0 Å². The molecule has 23 heavy (non-hydrogen) atoms. The molecule has 0 radical (unpaired) electrons. The molecule has 0 saturated carbocycles. The highest BCUT2D eigenvalue weighted by molar-refractivity contribution is 8.01. The predicted molar refractivity (Wildman–Crippen MR) is 92.7 cm³/mol. The van der Waals surface area contributed by atoms with Gasteiger partial charge in [-0.1, -0.05) is 42.5 Å². The summed E-state index contributed by atoms with van der Waals surface area (Å²) in [6.45, 7) is 0.424. The first-order valence-electron chi connectivity index (χ1n) is 7.18. The van der Waals surface area contributed by atoms with Crippen LogP contribution in [0.1, 0.15) is 16.5 Å². The number of halogens is 1. The van der Waals surface area contributed by atoms with Crippen LogP contribution in [0, 0.1) is 5.82 Å². The lowest BCUT2D eigenvalue weighted by Crippen LogP contribution is -2.28. The van der Waals surface area contributed by atoms with E-state index in [0.717, 1.165) is 5.56 Å². The second-order valence-electron chi connectivity index (χ2n) is 5.15. The van der Waals surface area contributed by atoms with Gasteiger partial charge in [0.1, 0.15) is 5.82 Å². The van der Waals surface area contributed by atoms with Crippen molar-refractivity contribution >= 4 is 27.9 Å². The molecule has 2 aromatic rings. The van der Waals surface area contributed by atoms with E-state index in [1.807, 2.05) is 30.3 Å². The first-order chi connectivity index (χ1) is 11.1. The Balaban J connectivity index is 1.85. The average Bonchev–Trinajstić information content (AvgIpc) is 3.05. The molecule has 1 aliphatic rings. The van der Waals surface area contributed by atoms with E-state index in [1.165, 1.54) is 33.6 Å². The van der Waals surface area contributed by atoms with Gasteiger partial charge in [-0.25, -0.2) is 12.8 Å². The molecule has 1 atom stereocenters. The molecule has 0 N–H and O–H groups in total. The molecule has 1 fully saturated rings. The van der Waals surface area contributed by atoms with Crippen molar-refractivity contribution in [3.8, 4) is 0 Å². The van der Waals surface area contributed by atoms with Gasteiger partial charge >= 0.3 is 0 Å². The van der Waals surface area contributed by atoms with Gasteiger partial charge in [0, 0.05) is 17.7 Å². The number of benzene rings is 2. The summed E-state index contributed by atoms with van der Waals surface area (Å²) >= 11 is 1.51. The Hall–Kier alpha value is -1.63. The smallest absolute Gasteiger partial charge is 0.207 e. The van der Waals surface area contributed by atoms with E-state index in [-0.39, 0.29) is 11.2 Å². The number of thioether (sulfide) groups is 1. The standard InChI is InChI=1S/C17H16FNO2S2/c18-16-8-4-7-15(13-16)17-19(10-11-22-17)23(20,21)12-9-14-5-2-1-3-6-14/h1-9,12-13,17H,10-11H2/b12-9+. The quantitative estimate of drug-likeness (QED) is 0.841. The van der Waals surface area contributed by atoms with Gasteiger partial charge < -0.3 is 0 Å². The van der Waals surface area contributed by atoms with E-state index in [2.05, 4.69) is 0 Å². The van der Waals surface area contributed by atoms with Gasteiger partial charge in [0.25, 0.3) is 0 Å². The van der Waals surface area contributed by atoms with E-state index in [0.29, 0.717) is 17.9 Å². The lowest BCUT2D eigenvalue weighted by molar-refractivity contribution is 0.440.